The van der Waals surface area contributed by atoms with Crippen molar-refractivity contribution in [3.8, 4) is 0 Å². The molecule has 3 heteroatoms. The number of hydrogen-bond donors (Lipinski definition) is 1. The van der Waals surface area contributed by atoms with E-state index < -0.39 is 0 Å². The molecule has 0 spiro atoms. The van der Waals surface area contributed by atoms with Gasteiger partial charge in [0.05, 0.1) is 5.56 Å². The number of amides is 1. The Labute approximate surface area is 107 Å². The van der Waals surface area contributed by atoms with E-state index in [1.165, 1.54) is 0 Å². The third-order valence-electron chi connectivity index (χ3n) is 4.20. The number of nitrogens with one attached hydrogen (secondary N) is 1. The Morgan fingerprint density at radius 2 is 1.83 bits per heavy atom. The van der Waals surface area contributed by atoms with Gasteiger partial charge in [-0.3, -0.25) is 9.59 Å². The van der Waals surface area contributed by atoms with E-state index >= 15 is 0 Å². The van der Waals surface area contributed by atoms with Crippen LogP contribution in [-0.4, -0.2) is 17.7 Å². The van der Waals surface area contributed by atoms with Crippen molar-refractivity contribution in [3.63, 3.8) is 0 Å². The van der Waals surface area contributed by atoms with Gasteiger partial charge in [0.25, 0.3) is 5.91 Å². The Hall–Kier alpha value is -1.64. The van der Waals surface area contributed by atoms with E-state index in [2.05, 4.69) is 12.2 Å². The van der Waals surface area contributed by atoms with E-state index in [1.807, 2.05) is 12.1 Å². The summed E-state index contributed by atoms with van der Waals surface area (Å²) in [6, 6.07) is 7.18. The molecule has 0 saturated heterocycles. The van der Waals surface area contributed by atoms with Gasteiger partial charge in [0, 0.05) is 17.5 Å². The number of ketones is 1. The van der Waals surface area contributed by atoms with Gasteiger partial charge in [0.1, 0.15) is 0 Å². The fourth-order valence-electron chi connectivity index (χ4n) is 3.19. The first-order chi connectivity index (χ1) is 8.66. The first-order valence-corrected chi connectivity index (χ1v) is 6.61. The minimum atomic E-state index is -0.0963. The van der Waals surface area contributed by atoms with Crippen LogP contribution in [0.2, 0.25) is 0 Å². The molecule has 0 aromatic heterocycles. The molecule has 1 saturated carbocycles. The molecular formula is C15H17NO2. The van der Waals surface area contributed by atoms with E-state index in [1.54, 1.807) is 12.1 Å². The number of Topliss-reactive ketones (excluding diaryl/α,β-unsaturated/α-hetero) is 1. The molecule has 1 fully saturated rings. The number of fused-ring (bicyclic) bond motifs is 2. The van der Waals surface area contributed by atoms with Crippen molar-refractivity contribution in [2.45, 2.75) is 32.2 Å². The van der Waals surface area contributed by atoms with Crippen LogP contribution in [0.4, 0.5) is 0 Å². The Bertz CT molecular complexity index is 509. The van der Waals surface area contributed by atoms with Crippen LogP contribution in [0.5, 0.6) is 0 Å². The van der Waals surface area contributed by atoms with Crippen molar-refractivity contribution in [2.24, 2.45) is 11.8 Å². The summed E-state index contributed by atoms with van der Waals surface area (Å²) in [5.74, 6) is 0.570. The van der Waals surface area contributed by atoms with Crippen LogP contribution < -0.4 is 5.32 Å². The number of carbonyl (C=O) groups excluding carboxylic acids is 2. The lowest BCUT2D eigenvalue weighted by atomic mass is 9.76. The fraction of sp³-hybridized carbons (Fsp3) is 0.467. The molecular weight excluding hydrogens is 226 g/mol. The summed E-state index contributed by atoms with van der Waals surface area (Å²) < 4.78 is 0. The van der Waals surface area contributed by atoms with E-state index in [4.69, 9.17) is 0 Å². The van der Waals surface area contributed by atoms with Gasteiger partial charge in [-0.1, -0.05) is 25.1 Å². The number of rotatable bonds is 0. The molecule has 2 aliphatic rings. The van der Waals surface area contributed by atoms with Crippen LogP contribution in [-0.2, 0) is 0 Å². The smallest absolute Gasteiger partial charge is 0.252 e. The largest absolute Gasteiger partial charge is 0.349 e. The third kappa shape index (κ3) is 1.74. The SMILES string of the molecule is CC1CCC2NC(=O)c3ccccc3C(=O)C2C1. The summed E-state index contributed by atoms with van der Waals surface area (Å²) in [4.78, 5) is 24.7. The Kier molecular flexibility index (Phi) is 2.69. The minimum absolute atomic E-state index is 0.0219. The monoisotopic (exact) mass is 243 g/mol. The summed E-state index contributed by atoms with van der Waals surface area (Å²) >= 11 is 0. The molecule has 1 amide bonds. The molecule has 3 nitrogen and oxygen atoms in total. The molecule has 1 aliphatic carbocycles. The van der Waals surface area contributed by atoms with Crippen LogP contribution in [0.25, 0.3) is 0 Å². The lowest BCUT2D eigenvalue weighted by Gasteiger charge is -2.32. The van der Waals surface area contributed by atoms with Crippen molar-refractivity contribution in [2.75, 3.05) is 0 Å². The van der Waals surface area contributed by atoms with Crippen molar-refractivity contribution in [1.29, 1.82) is 0 Å². The summed E-state index contributed by atoms with van der Waals surface area (Å²) in [5.41, 5.74) is 1.13. The van der Waals surface area contributed by atoms with Gasteiger partial charge in [-0.25, -0.2) is 0 Å². The molecule has 0 radical (unpaired) electrons. The fourth-order valence-corrected chi connectivity index (χ4v) is 3.19. The van der Waals surface area contributed by atoms with Crippen molar-refractivity contribution in [1.82, 2.24) is 5.32 Å². The second-order valence-electron chi connectivity index (χ2n) is 5.51. The molecule has 1 heterocycles. The lowest BCUT2D eigenvalue weighted by Crippen LogP contribution is -2.43. The predicted octanol–water partition coefficient (Wildman–Crippen LogP) is 2.42. The van der Waals surface area contributed by atoms with Crippen LogP contribution in [0.15, 0.2) is 24.3 Å². The molecule has 0 bridgehead atoms. The summed E-state index contributed by atoms with van der Waals surface area (Å²) in [5, 5.41) is 3.03. The number of carbonyl (C=O) groups is 2. The Morgan fingerprint density at radius 1 is 1.11 bits per heavy atom. The van der Waals surface area contributed by atoms with Crippen LogP contribution in [0.1, 0.15) is 46.9 Å². The molecule has 1 aromatic carbocycles. The third-order valence-corrected chi connectivity index (χ3v) is 4.20. The van der Waals surface area contributed by atoms with Gasteiger partial charge in [0.15, 0.2) is 5.78 Å². The van der Waals surface area contributed by atoms with Crippen molar-refractivity contribution < 1.29 is 9.59 Å². The molecule has 3 rings (SSSR count). The molecule has 1 N–H and O–H groups in total. The van der Waals surface area contributed by atoms with E-state index in [0.29, 0.717) is 17.0 Å². The van der Waals surface area contributed by atoms with Gasteiger partial charge in [-0.2, -0.15) is 0 Å². The highest BCUT2D eigenvalue weighted by Crippen LogP contribution is 2.34. The van der Waals surface area contributed by atoms with Crippen molar-refractivity contribution >= 4 is 11.7 Å². The summed E-state index contributed by atoms with van der Waals surface area (Å²) in [6.45, 7) is 2.18. The average Bonchev–Trinajstić information content (AvgIpc) is 2.48. The van der Waals surface area contributed by atoms with Gasteiger partial charge in [0.2, 0.25) is 0 Å². The van der Waals surface area contributed by atoms with Crippen LogP contribution in [0, 0.1) is 11.8 Å². The highest BCUT2D eigenvalue weighted by molar-refractivity contribution is 6.11. The maximum Gasteiger partial charge on any atom is 0.252 e. The van der Waals surface area contributed by atoms with Gasteiger partial charge in [-0.05, 0) is 31.2 Å². The van der Waals surface area contributed by atoms with Gasteiger partial charge < -0.3 is 5.32 Å². The minimum Gasteiger partial charge on any atom is -0.349 e. The normalized spacial score (nSPS) is 31.1. The van der Waals surface area contributed by atoms with Crippen molar-refractivity contribution in [3.05, 3.63) is 35.4 Å². The summed E-state index contributed by atoms with van der Waals surface area (Å²) in [7, 11) is 0. The molecule has 94 valence electrons. The molecule has 3 atom stereocenters. The molecule has 18 heavy (non-hydrogen) atoms. The maximum absolute atomic E-state index is 12.6. The maximum atomic E-state index is 12.6. The van der Waals surface area contributed by atoms with E-state index in [9.17, 15) is 9.59 Å². The van der Waals surface area contributed by atoms with Crippen LogP contribution >= 0.6 is 0 Å². The van der Waals surface area contributed by atoms with E-state index in [0.717, 1.165) is 19.3 Å². The van der Waals surface area contributed by atoms with E-state index in [-0.39, 0.29) is 23.7 Å². The highest BCUT2D eigenvalue weighted by Gasteiger charge is 2.38. The predicted molar refractivity (Wildman–Crippen MR) is 68.5 cm³/mol. The molecule has 3 unspecified atom stereocenters. The molecule has 1 aliphatic heterocycles. The highest BCUT2D eigenvalue weighted by atomic mass is 16.2. The zero-order valence-corrected chi connectivity index (χ0v) is 10.5. The number of hydrogen-bond acceptors (Lipinski definition) is 2. The first kappa shape index (κ1) is 11.5. The zero-order chi connectivity index (χ0) is 12.7. The van der Waals surface area contributed by atoms with Gasteiger partial charge in [-0.15, -0.1) is 0 Å². The average molecular weight is 243 g/mol. The second kappa shape index (κ2) is 4.23. The standard InChI is InChI=1S/C15H17NO2/c1-9-6-7-13-12(8-9)14(17)10-4-2-3-5-11(10)15(18)16-13/h2-5,9,12-13H,6-8H2,1H3,(H,16,18). The Morgan fingerprint density at radius 3 is 2.61 bits per heavy atom. The first-order valence-electron chi connectivity index (χ1n) is 6.61. The topological polar surface area (TPSA) is 46.2 Å². The number of benzene rings is 1. The quantitative estimate of drug-likeness (QED) is 0.760. The summed E-state index contributed by atoms with van der Waals surface area (Å²) in [6.07, 6.45) is 2.89. The zero-order valence-electron chi connectivity index (χ0n) is 10.5. The van der Waals surface area contributed by atoms with Crippen LogP contribution in [0.3, 0.4) is 0 Å². The van der Waals surface area contributed by atoms with Gasteiger partial charge >= 0.3 is 0 Å². The molecule has 1 aromatic rings. The second-order valence-corrected chi connectivity index (χ2v) is 5.51. The Balaban J connectivity index is 2.05. The lowest BCUT2D eigenvalue weighted by molar-refractivity contribution is 0.0806.